The largest absolute Gasteiger partial charge is 0.372 e. The number of benzene rings is 2. The summed E-state index contributed by atoms with van der Waals surface area (Å²) in [6, 6.07) is 13.4. The van der Waals surface area contributed by atoms with Gasteiger partial charge < -0.3 is 15.5 Å². The van der Waals surface area contributed by atoms with Crippen molar-refractivity contribution in [1.82, 2.24) is 0 Å². The first-order valence-corrected chi connectivity index (χ1v) is 9.47. The first kappa shape index (κ1) is 19.0. The van der Waals surface area contributed by atoms with Crippen LogP contribution in [0.3, 0.4) is 0 Å². The van der Waals surface area contributed by atoms with E-state index in [4.69, 9.17) is 0 Å². The van der Waals surface area contributed by atoms with Crippen LogP contribution in [0.1, 0.15) is 30.9 Å². The molecule has 27 heavy (non-hydrogen) atoms. The molecule has 2 amide bonds. The van der Waals surface area contributed by atoms with Gasteiger partial charge in [0.15, 0.2) is 0 Å². The molecule has 0 bridgehead atoms. The average molecular weight is 365 g/mol. The zero-order valence-corrected chi connectivity index (χ0v) is 16.2. The third-order valence-electron chi connectivity index (χ3n) is 5.12. The minimum Gasteiger partial charge on any atom is -0.372 e. The van der Waals surface area contributed by atoms with Crippen LogP contribution in [0.5, 0.6) is 0 Å². The number of carbonyl (C=O) groups is 2. The fraction of sp³-hybridized carbons (Fsp3) is 0.364. The third kappa shape index (κ3) is 4.88. The fourth-order valence-electron chi connectivity index (χ4n) is 3.26. The highest BCUT2D eigenvalue weighted by molar-refractivity contribution is 6.43. The van der Waals surface area contributed by atoms with Crippen LogP contribution in [0.25, 0.3) is 0 Å². The topological polar surface area (TPSA) is 61.4 Å². The number of nitrogens with zero attached hydrogens (tertiary/aromatic N) is 1. The zero-order chi connectivity index (χ0) is 19.4. The lowest BCUT2D eigenvalue weighted by molar-refractivity contribution is -0.133. The van der Waals surface area contributed by atoms with E-state index >= 15 is 0 Å². The van der Waals surface area contributed by atoms with Gasteiger partial charge in [-0.2, -0.15) is 0 Å². The normalized spacial score (nSPS) is 14.7. The number of anilines is 3. The number of carbonyl (C=O) groups excluding carboxylic acids is 2. The molecule has 0 radical (unpaired) electrons. The predicted octanol–water partition coefficient (Wildman–Crippen LogP) is 4.12. The van der Waals surface area contributed by atoms with E-state index in [-0.39, 0.29) is 0 Å². The Kier molecular flexibility index (Phi) is 5.79. The molecule has 5 heteroatoms. The summed E-state index contributed by atoms with van der Waals surface area (Å²) in [6.45, 7) is 8.25. The van der Waals surface area contributed by atoms with Gasteiger partial charge in [-0.3, -0.25) is 9.59 Å². The molecule has 2 aromatic rings. The summed E-state index contributed by atoms with van der Waals surface area (Å²) in [4.78, 5) is 26.8. The molecule has 1 heterocycles. The lowest BCUT2D eigenvalue weighted by atomic mass is 9.99. The molecule has 5 nitrogen and oxygen atoms in total. The van der Waals surface area contributed by atoms with E-state index in [0.29, 0.717) is 11.4 Å². The standard InChI is InChI=1S/C22H27N3O2/c1-15-10-12-25(13-11-15)19-8-6-18(7-9-19)23-21(26)22(27)24-20-14-16(2)4-5-17(20)3/h4-9,14-15H,10-13H2,1-3H3,(H,23,26)(H,24,27). The Morgan fingerprint density at radius 2 is 1.56 bits per heavy atom. The SMILES string of the molecule is Cc1ccc(C)c(NC(=O)C(=O)Nc2ccc(N3CCC(C)CC3)cc2)c1. The Bertz CT molecular complexity index is 822. The van der Waals surface area contributed by atoms with Gasteiger partial charge in [-0.15, -0.1) is 0 Å². The second-order valence-electron chi connectivity index (χ2n) is 7.44. The summed E-state index contributed by atoms with van der Waals surface area (Å²) in [6.07, 6.45) is 2.41. The molecule has 142 valence electrons. The highest BCUT2D eigenvalue weighted by Gasteiger charge is 2.17. The van der Waals surface area contributed by atoms with Gasteiger partial charge in [-0.25, -0.2) is 0 Å². The van der Waals surface area contributed by atoms with Crippen LogP contribution in [0.4, 0.5) is 17.1 Å². The first-order valence-electron chi connectivity index (χ1n) is 9.47. The second kappa shape index (κ2) is 8.25. The summed E-state index contributed by atoms with van der Waals surface area (Å²) >= 11 is 0. The molecule has 0 aliphatic carbocycles. The van der Waals surface area contributed by atoms with Crippen LogP contribution in [-0.2, 0) is 9.59 Å². The Morgan fingerprint density at radius 1 is 0.926 bits per heavy atom. The van der Waals surface area contributed by atoms with Crippen molar-refractivity contribution in [3.05, 3.63) is 53.6 Å². The molecular formula is C22H27N3O2. The highest BCUT2D eigenvalue weighted by Crippen LogP contribution is 2.24. The Labute approximate surface area is 160 Å². The van der Waals surface area contributed by atoms with Gasteiger partial charge in [0.1, 0.15) is 0 Å². The van der Waals surface area contributed by atoms with Crippen LogP contribution in [-0.4, -0.2) is 24.9 Å². The molecule has 1 aliphatic heterocycles. The molecule has 0 unspecified atom stereocenters. The lowest BCUT2D eigenvalue weighted by Gasteiger charge is -2.32. The van der Waals surface area contributed by atoms with Crippen molar-refractivity contribution < 1.29 is 9.59 Å². The minimum atomic E-state index is -0.671. The van der Waals surface area contributed by atoms with Gasteiger partial charge in [0, 0.05) is 30.2 Å². The monoisotopic (exact) mass is 365 g/mol. The maximum Gasteiger partial charge on any atom is 0.314 e. The van der Waals surface area contributed by atoms with Crippen molar-refractivity contribution in [2.45, 2.75) is 33.6 Å². The molecule has 0 atom stereocenters. The quantitative estimate of drug-likeness (QED) is 0.805. The predicted molar refractivity (Wildman–Crippen MR) is 110 cm³/mol. The number of nitrogens with one attached hydrogen (secondary N) is 2. The van der Waals surface area contributed by atoms with Crippen molar-refractivity contribution in [1.29, 1.82) is 0 Å². The van der Waals surface area contributed by atoms with Gasteiger partial charge >= 0.3 is 11.8 Å². The van der Waals surface area contributed by atoms with Crippen LogP contribution in [0.15, 0.2) is 42.5 Å². The molecule has 3 rings (SSSR count). The van der Waals surface area contributed by atoms with Gasteiger partial charge in [-0.05, 0) is 74.1 Å². The van der Waals surface area contributed by atoms with E-state index in [1.165, 1.54) is 12.8 Å². The van der Waals surface area contributed by atoms with E-state index in [0.717, 1.165) is 35.8 Å². The third-order valence-corrected chi connectivity index (χ3v) is 5.12. The van der Waals surface area contributed by atoms with Gasteiger partial charge in [0.25, 0.3) is 0 Å². The van der Waals surface area contributed by atoms with Gasteiger partial charge in [0.05, 0.1) is 0 Å². The minimum absolute atomic E-state index is 0.616. The smallest absolute Gasteiger partial charge is 0.314 e. The van der Waals surface area contributed by atoms with E-state index in [1.807, 2.05) is 56.3 Å². The number of hydrogen-bond donors (Lipinski definition) is 2. The maximum atomic E-state index is 12.2. The van der Waals surface area contributed by atoms with Crippen LogP contribution < -0.4 is 15.5 Å². The number of aryl methyl sites for hydroxylation is 2. The molecule has 2 N–H and O–H groups in total. The Morgan fingerprint density at radius 3 is 2.22 bits per heavy atom. The number of hydrogen-bond acceptors (Lipinski definition) is 3. The molecular weight excluding hydrogens is 338 g/mol. The average Bonchev–Trinajstić information content (AvgIpc) is 2.66. The number of amides is 2. The lowest BCUT2D eigenvalue weighted by Crippen LogP contribution is -2.32. The zero-order valence-electron chi connectivity index (χ0n) is 16.2. The van der Waals surface area contributed by atoms with Crippen molar-refractivity contribution >= 4 is 28.9 Å². The van der Waals surface area contributed by atoms with Crippen molar-refractivity contribution in [2.24, 2.45) is 5.92 Å². The van der Waals surface area contributed by atoms with Gasteiger partial charge in [-0.1, -0.05) is 19.1 Å². The van der Waals surface area contributed by atoms with Crippen molar-refractivity contribution in [2.75, 3.05) is 28.6 Å². The summed E-state index contributed by atoms with van der Waals surface area (Å²) < 4.78 is 0. The molecule has 0 saturated carbocycles. The fourth-order valence-corrected chi connectivity index (χ4v) is 3.26. The number of rotatable bonds is 3. The van der Waals surface area contributed by atoms with E-state index in [2.05, 4.69) is 22.5 Å². The van der Waals surface area contributed by atoms with Crippen molar-refractivity contribution in [3.8, 4) is 0 Å². The molecule has 2 aromatic carbocycles. The summed E-state index contributed by atoms with van der Waals surface area (Å²) in [5.74, 6) is -0.552. The highest BCUT2D eigenvalue weighted by atomic mass is 16.2. The summed E-state index contributed by atoms with van der Waals surface area (Å²) in [7, 11) is 0. The van der Waals surface area contributed by atoms with Crippen LogP contribution in [0, 0.1) is 19.8 Å². The summed E-state index contributed by atoms with van der Waals surface area (Å²) in [5.41, 5.74) is 4.37. The van der Waals surface area contributed by atoms with Gasteiger partial charge in [0.2, 0.25) is 0 Å². The number of piperidine rings is 1. The first-order chi connectivity index (χ1) is 12.9. The molecule has 0 aromatic heterocycles. The van der Waals surface area contributed by atoms with E-state index in [1.54, 1.807) is 0 Å². The Hall–Kier alpha value is -2.82. The van der Waals surface area contributed by atoms with E-state index in [9.17, 15) is 9.59 Å². The molecule has 1 fully saturated rings. The summed E-state index contributed by atoms with van der Waals surface area (Å²) in [5, 5.41) is 5.34. The van der Waals surface area contributed by atoms with Crippen LogP contribution in [0.2, 0.25) is 0 Å². The molecule has 1 saturated heterocycles. The Balaban J connectivity index is 1.58. The maximum absolute atomic E-state index is 12.2. The molecule has 1 aliphatic rings. The van der Waals surface area contributed by atoms with Crippen molar-refractivity contribution in [3.63, 3.8) is 0 Å². The molecule has 0 spiro atoms. The van der Waals surface area contributed by atoms with E-state index < -0.39 is 11.8 Å². The van der Waals surface area contributed by atoms with Crippen LogP contribution >= 0.6 is 0 Å². The second-order valence-corrected chi connectivity index (χ2v) is 7.44.